The number of nitrogens with zero attached hydrogens (tertiary/aromatic N) is 2. The fraction of sp³-hybridized carbons (Fsp3) is 0.455. The number of hydrogen-bond acceptors (Lipinski definition) is 2. The van der Waals surface area contributed by atoms with Gasteiger partial charge in [0.1, 0.15) is 0 Å². The van der Waals surface area contributed by atoms with Gasteiger partial charge >= 0.3 is 0 Å². The maximum absolute atomic E-state index is 2.50. The molecule has 0 fully saturated rings. The minimum absolute atomic E-state index is 0.472. The molecule has 14 heavy (non-hydrogen) atoms. The molecule has 2 rings (SSSR count). The Morgan fingerprint density at radius 3 is 1.86 bits per heavy atom. The van der Waals surface area contributed by atoms with Gasteiger partial charge in [-0.15, -0.1) is 0 Å². The molecule has 0 amide bonds. The number of benzene rings is 1. The van der Waals surface area contributed by atoms with Crippen molar-refractivity contribution in [1.29, 1.82) is 0 Å². The highest BCUT2D eigenvalue weighted by Crippen LogP contribution is 2.40. The molecule has 76 valence electrons. The Labute approximate surface area is 99.0 Å². The lowest BCUT2D eigenvalue weighted by Gasteiger charge is -2.26. The van der Waals surface area contributed by atoms with Crippen molar-refractivity contribution in [3.05, 3.63) is 24.3 Å². The van der Waals surface area contributed by atoms with Gasteiger partial charge in [-0.05, 0) is 48.6 Å². The van der Waals surface area contributed by atoms with Gasteiger partial charge in [-0.2, -0.15) is 0 Å². The smallest absolute Gasteiger partial charge is 0.155 e. The molecule has 2 nitrogen and oxygen atoms in total. The van der Waals surface area contributed by atoms with E-state index in [9.17, 15) is 0 Å². The van der Waals surface area contributed by atoms with Crippen LogP contribution in [0.15, 0.2) is 24.3 Å². The highest BCUT2D eigenvalue weighted by molar-refractivity contribution is 14.1. The summed E-state index contributed by atoms with van der Waals surface area (Å²) >= 11 is 2.50. The Hall–Kier alpha value is -0.450. The normalized spacial score (nSPS) is 16.2. The summed E-state index contributed by atoms with van der Waals surface area (Å²) in [6, 6.07) is 8.65. The van der Waals surface area contributed by atoms with Gasteiger partial charge in [0.05, 0.1) is 11.4 Å². The average molecular weight is 302 g/mol. The summed E-state index contributed by atoms with van der Waals surface area (Å²) in [5, 5.41) is 0. The fourth-order valence-corrected chi connectivity index (χ4v) is 3.38. The molecule has 1 aliphatic heterocycles. The molecule has 0 bridgehead atoms. The zero-order valence-electron chi connectivity index (χ0n) is 8.57. The summed E-state index contributed by atoms with van der Waals surface area (Å²) in [6.45, 7) is 6.56. The third-order valence-electron chi connectivity index (χ3n) is 2.70. The van der Waals surface area contributed by atoms with Crippen LogP contribution < -0.4 is 9.80 Å². The molecule has 1 aliphatic rings. The van der Waals surface area contributed by atoms with Crippen molar-refractivity contribution in [2.24, 2.45) is 0 Å². The van der Waals surface area contributed by atoms with E-state index >= 15 is 0 Å². The molecule has 1 heterocycles. The second-order valence-corrected chi connectivity index (χ2v) is 4.49. The van der Waals surface area contributed by atoms with Crippen LogP contribution >= 0.6 is 22.6 Å². The molecule has 0 aliphatic carbocycles. The number of para-hydroxylation sites is 2. The minimum atomic E-state index is 0.472. The van der Waals surface area contributed by atoms with Gasteiger partial charge in [-0.25, -0.2) is 0 Å². The van der Waals surface area contributed by atoms with Crippen LogP contribution in [0.1, 0.15) is 13.8 Å². The average Bonchev–Trinajstić information content (AvgIpc) is 2.49. The second kappa shape index (κ2) is 3.96. The molecule has 3 heteroatoms. The molecule has 0 aromatic heterocycles. The fourth-order valence-electron chi connectivity index (χ4n) is 1.99. The molecule has 0 saturated carbocycles. The van der Waals surface area contributed by atoms with E-state index < -0.39 is 0 Å². The molecule has 1 aromatic rings. The first-order valence-electron chi connectivity index (χ1n) is 5.06. The van der Waals surface area contributed by atoms with Crippen molar-refractivity contribution in [3.8, 4) is 0 Å². The van der Waals surface area contributed by atoms with Crippen molar-refractivity contribution >= 4 is 34.0 Å². The number of halogens is 1. The number of anilines is 2. The Bertz CT molecular complexity index is 296. The van der Waals surface area contributed by atoms with E-state index in [2.05, 4.69) is 70.5 Å². The summed E-state index contributed by atoms with van der Waals surface area (Å²) in [6.07, 6.45) is 0. The SMILES string of the molecule is CCN1c2ccccc2N(CC)C1I. The zero-order chi connectivity index (χ0) is 10.1. The topological polar surface area (TPSA) is 6.48 Å². The largest absolute Gasteiger partial charge is 0.342 e. The lowest BCUT2D eigenvalue weighted by molar-refractivity contribution is 0.778. The van der Waals surface area contributed by atoms with Gasteiger partial charge in [-0.1, -0.05) is 12.1 Å². The summed E-state index contributed by atoms with van der Waals surface area (Å²) < 4.78 is 0.472. The van der Waals surface area contributed by atoms with Crippen LogP contribution in [-0.2, 0) is 0 Å². The van der Waals surface area contributed by atoms with Gasteiger partial charge < -0.3 is 9.80 Å². The molecule has 0 atom stereocenters. The highest BCUT2D eigenvalue weighted by atomic mass is 127. The van der Waals surface area contributed by atoms with E-state index in [-0.39, 0.29) is 0 Å². The Morgan fingerprint density at radius 1 is 1.07 bits per heavy atom. The lowest BCUT2D eigenvalue weighted by Crippen LogP contribution is -2.38. The van der Waals surface area contributed by atoms with Gasteiger partial charge in [0, 0.05) is 13.1 Å². The molecule has 0 spiro atoms. The van der Waals surface area contributed by atoms with Crippen LogP contribution in [-0.4, -0.2) is 17.3 Å². The van der Waals surface area contributed by atoms with Crippen molar-refractivity contribution in [1.82, 2.24) is 0 Å². The van der Waals surface area contributed by atoms with Gasteiger partial charge in [0.25, 0.3) is 0 Å². The quantitative estimate of drug-likeness (QED) is 0.471. The first kappa shape index (κ1) is 10.1. The summed E-state index contributed by atoms with van der Waals surface area (Å²) in [7, 11) is 0. The number of hydrogen-bond donors (Lipinski definition) is 0. The highest BCUT2D eigenvalue weighted by Gasteiger charge is 2.31. The predicted molar refractivity (Wildman–Crippen MR) is 70.3 cm³/mol. The zero-order valence-corrected chi connectivity index (χ0v) is 10.7. The van der Waals surface area contributed by atoms with Gasteiger partial charge in [0.2, 0.25) is 0 Å². The Balaban J connectivity index is 2.45. The van der Waals surface area contributed by atoms with Crippen molar-refractivity contribution in [3.63, 3.8) is 0 Å². The summed E-state index contributed by atoms with van der Waals surface area (Å²) in [5.74, 6) is 0. The van der Waals surface area contributed by atoms with Crippen LogP contribution in [0.3, 0.4) is 0 Å². The second-order valence-electron chi connectivity index (χ2n) is 3.37. The predicted octanol–water partition coefficient (Wildman–Crippen LogP) is 3.07. The summed E-state index contributed by atoms with van der Waals surface area (Å²) in [4.78, 5) is 4.86. The maximum Gasteiger partial charge on any atom is 0.155 e. The van der Waals surface area contributed by atoms with E-state index in [0.29, 0.717) is 4.17 Å². The third-order valence-corrected chi connectivity index (χ3v) is 4.04. The van der Waals surface area contributed by atoms with Gasteiger partial charge in [-0.3, -0.25) is 0 Å². The molecule has 0 saturated heterocycles. The molecule has 0 unspecified atom stereocenters. The van der Waals surface area contributed by atoms with E-state index in [1.165, 1.54) is 11.4 Å². The molecule has 1 aromatic carbocycles. The van der Waals surface area contributed by atoms with Crippen molar-refractivity contribution < 1.29 is 0 Å². The van der Waals surface area contributed by atoms with Crippen LogP contribution in [0.4, 0.5) is 11.4 Å². The number of alkyl halides is 1. The molecule has 0 radical (unpaired) electrons. The van der Waals surface area contributed by atoms with Crippen LogP contribution in [0.2, 0.25) is 0 Å². The van der Waals surface area contributed by atoms with E-state index in [1.54, 1.807) is 0 Å². The first-order chi connectivity index (χ1) is 6.79. The first-order valence-corrected chi connectivity index (χ1v) is 6.30. The van der Waals surface area contributed by atoms with Crippen molar-refractivity contribution in [2.45, 2.75) is 18.0 Å². The van der Waals surface area contributed by atoms with Crippen molar-refractivity contribution in [2.75, 3.05) is 22.9 Å². The van der Waals surface area contributed by atoms with Gasteiger partial charge in [0.15, 0.2) is 4.17 Å². The maximum atomic E-state index is 2.50. The van der Waals surface area contributed by atoms with Crippen LogP contribution in [0.5, 0.6) is 0 Å². The van der Waals surface area contributed by atoms with E-state index in [0.717, 1.165) is 13.1 Å². The van der Waals surface area contributed by atoms with Crippen LogP contribution in [0, 0.1) is 0 Å². The van der Waals surface area contributed by atoms with Crippen LogP contribution in [0.25, 0.3) is 0 Å². The lowest BCUT2D eigenvalue weighted by atomic mass is 10.2. The third kappa shape index (κ3) is 1.38. The Kier molecular flexibility index (Phi) is 2.85. The van der Waals surface area contributed by atoms with E-state index in [1.807, 2.05) is 0 Å². The molecule has 0 N–H and O–H groups in total. The Morgan fingerprint density at radius 2 is 1.50 bits per heavy atom. The number of fused-ring (bicyclic) bond motifs is 1. The monoisotopic (exact) mass is 302 g/mol. The molecular weight excluding hydrogens is 287 g/mol. The number of rotatable bonds is 2. The minimum Gasteiger partial charge on any atom is -0.342 e. The summed E-state index contributed by atoms with van der Waals surface area (Å²) in [5.41, 5.74) is 2.74. The standard InChI is InChI=1S/C11H15IN2/c1-3-13-9-7-5-6-8-10(9)14(4-2)11(13)12/h5-8,11H,3-4H2,1-2H3. The molecular formula is C11H15IN2. The van der Waals surface area contributed by atoms with E-state index in [4.69, 9.17) is 0 Å².